The lowest BCUT2D eigenvalue weighted by Crippen LogP contribution is -2.61. The van der Waals surface area contributed by atoms with Crippen LogP contribution < -0.4 is 0 Å². The Kier molecular flexibility index (Phi) is 17.3. The molecule has 9 nitrogen and oxygen atoms in total. The van der Waals surface area contributed by atoms with Crippen molar-refractivity contribution >= 4 is 8.32 Å². The normalized spacial score (nSPS) is 23.2. The summed E-state index contributed by atoms with van der Waals surface area (Å²) < 4.78 is 61.6. The Morgan fingerprint density at radius 2 is 0.884 bits per heavy atom. The molecule has 0 aliphatic carbocycles. The molecule has 8 rings (SSSR count). The molecule has 10 heteroatoms. The molecule has 69 heavy (non-hydrogen) atoms. The molecule has 0 radical (unpaired) electrons. The van der Waals surface area contributed by atoms with Gasteiger partial charge in [0.15, 0.2) is 20.9 Å². The fourth-order valence-electron chi connectivity index (χ4n) is 8.72. The minimum atomic E-state index is -2.31. The van der Waals surface area contributed by atoms with Gasteiger partial charge in [0.25, 0.3) is 0 Å². The van der Waals surface area contributed by atoms with E-state index in [-0.39, 0.29) is 18.3 Å². The van der Waals surface area contributed by atoms with Gasteiger partial charge in [0, 0.05) is 7.11 Å². The average molecular weight is 949 g/mol. The summed E-state index contributed by atoms with van der Waals surface area (Å²) >= 11 is 0. The maximum Gasteiger partial charge on any atom is 0.193 e. The second-order valence-corrected chi connectivity index (χ2v) is 24.0. The van der Waals surface area contributed by atoms with Crippen LogP contribution in [0.25, 0.3) is 0 Å². The third-order valence-electron chi connectivity index (χ3n) is 13.5. The lowest BCUT2D eigenvalue weighted by Gasteiger charge is -2.46. The van der Waals surface area contributed by atoms with E-state index in [2.05, 4.69) is 113 Å². The van der Waals surface area contributed by atoms with Gasteiger partial charge in [-0.05, 0) is 57.6 Å². The van der Waals surface area contributed by atoms with Crippen LogP contribution >= 0.6 is 0 Å². The van der Waals surface area contributed by atoms with Crippen molar-refractivity contribution in [2.24, 2.45) is 0 Å². The van der Waals surface area contributed by atoms with Crippen LogP contribution in [-0.2, 0) is 67.7 Å². The zero-order chi connectivity index (χ0) is 48.1. The van der Waals surface area contributed by atoms with E-state index in [9.17, 15) is 0 Å². The Balaban J connectivity index is 1.09. The molecular weight excluding hydrogens is 881 g/mol. The van der Waals surface area contributed by atoms with Crippen molar-refractivity contribution in [2.45, 2.75) is 114 Å². The summed E-state index contributed by atoms with van der Waals surface area (Å²) in [6, 6.07) is 61.4. The number of hydrogen-bond donors (Lipinski definition) is 0. The molecule has 0 spiro atoms. The summed E-state index contributed by atoms with van der Waals surface area (Å²) in [4.78, 5) is 0. The second-order valence-electron chi connectivity index (χ2n) is 19.3. The Morgan fingerprint density at radius 3 is 1.32 bits per heavy atom. The molecule has 362 valence electrons. The molecule has 0 amide bonds. The Bertz CT molecular complexity index is 2340. The van der Waals surface area contributed by atoms with E-state index in [0.29, 0.717) is 19.8 Å². The van der Waals surface area contributed by atoms with Crippen molar-refractivity contribution < 1.29 is 42.3 Å². The minimum absolute atomic E-state index is 0.0474. The highest BCUT2D eigenvalue weighted by Gasteiger charge is 2.50. The van der Waals surface area contributed by atoms with E-state index in [0.717, 1.165) is 33.4 Å². The largest absolute Gasteiger partial charge is 0.408 e. The predicted octanol–water partition coefficient (Wildman–Crippen LogP) is 11.8. The minimum Gasteiger partial charge on any atom is -0.408 e. The predicted molar refractivity (Wildman–Crippen MR) is 272 cm³/mol. The van der Waals surface area contributed by atoms with Gasteiger partial charge >= 0.3 is 0 Å². The molecule has 1 saturated heterocycles. The molecule has 0 N–H and O–H groups in total. The Labute approximate surface area is 410 Å². The fraction of sp³-hybridized carbons (Fsp3) is 0.356. The van der Waals surface area contributed by atoms with Gasteiger partial charge in [0.2, 0.25) is 0 Å². The van der Waals surface area contributed by atoms with Gasteiger partial charge in [0.1, 0.15) is 36.1 Å². The summed E-state index contributed by atoms with van der Waals surface area (Å²) in [5.41, 5.74) is 5.10. The highest BCUT2D eigenvalue weighted by molar-refractivity contribution is 6.74. The maximum atomic E-state index is 7.39. The molecule has 6 aromatic carbocycles. The molecule has 8 atom stereocenters. The lowest BCUT2D eigenvalue weighted by molar-refractivity contribution is -0.327. The maximum absolute atomic E-state index is 7.39. The van der Waals surface area contributed by atoms with E-state index < -0.39 is 63.1 Å². The van der Waals surface area contributed by atoms with Gasteiger partial charge in [-0.1, -0.05) is 209 Å². The molecule has 1 fully saturated rings. The summed E-state index contributed by atoms with van der Waals surface area (Å²) in [6.45, 7) is 12.5. The number of methoxy groups -OCH3 is 1. The third-order valence-corrected chi connectivity index (χ3v) is 18.0. The molecular formula is C59H68O9Si. The smallest absolute Gasteiger partial charge is 0.193 e. The van der Waals surface area contributed by atoms with Crippen molar-refractivity contribution in [3.8, 4) is 0 Å². The second kappa shape index (κ2) is 23.7. The molecule has 2 heterocycles. The molecule has 2 aliphatic rings. The van der Waals surface area contributed by atoms with Crippen LogP contribution in [0.15, 0.2) is 194 Å². The first-order chi connectivity index (χ1) is 33.5. The van der Waals surface area contributed by atoms with Crippen LogP contribution in [0.2, 0.25) is 18.1 Å². The number of benzene rings is 6. The summed E-state index contributed by atoms with van der Waals surface area (Å²) in [5, 5.41) is -0.0474. The molecule has 6 aromatic rings. The molecule has 0 unspecified atom stereocenters. The lowest BCUT2D eigenvalue weighted by atomic mass is 9.80. The topological polar surface area (TPSA) is 83.1 Å². The standard InChI is InChI=1S/C59H68O9Si/c1-58(2,3)69(5,6)68-50-37-38-53(66-51(50)43-65-59(47-31-19-10-20-32-47,48-33-21-11-22-34-48)49-35-23-12-24-36-49)61-42-52-54(62-39-44-25-13-7-14-26-44)55(63-40-45-27-15-8-16-28-45)56(57(60-4)67-52)64-41-46-29-17-9-18-30-46/h7-38,50-57H,39-43H2,1-6H3/t50-,51+,52+,53+,54+,55-,56+,57-/m0/s1. The number of ether oxygens (including phenoxy) is 8. The van der Waals surface area contributed by atoms with Crippen molar-refractivity contribution in [1.29, 1.82) is 0 Å². The molecule has 2 aliphatic heterocycles. The van der Waals surface area contributed by atoms with Crippen LogP contribution in [0.1, 0.15) is 54.2 Å². The van der Waals surface area contributed by atoms with Crippen LogP contribution in [0.3, 0.4) is 0 Å². The zero-order valence-corrected chi connectivity index (χ0v) is 41.8. The van der Waals surface area contributed by atoms with Crippen LogP contribution in [0.5, 0.6) is 0 Å². The SMILES string of the molecule is CO[C@H]1O[C@H](CO[C@H]2C=C[C@H](O[Si](C)(C)C(C)(C)C)[C@@H](COC(c3ccccc3)(c3ccccc3)c3ccccc3)O2)[C@@H](OCc2ccccc2)[C@H](OCc2ccccc2)[C@H]1OCc1ccccc1. The third kappa shape index (κ3) is 12.6. The molecule has 0 aromatic heterocycles. The van der Waals surface area contributed by atoms with Crippen LogP contribution in [-0.4, -0.2) is 77.8 Å². The first-order valence-electron chi connectivity index (χ1n) is 24.1. The highest BCUT2D eigenvalue weighted by Crippen LogP contribution is 2.43. The van der Waals surface area contributed by atoms with Gasteiger partial charge < -0.3 is 42.3 Å². The van der Waals surface area contributed by atoms with Crippen molar-refractivity contribution in [3.63, 3.8) is 0 Å². The van der Waals surface area contributed by atoms with E-state index >= 15 is 0 Å². The first kappa shape index (κ1) is 50.3. The van der Waals surface area contributed by atoms with Crippen molar-refractivity contribution in [1.82, 2.24) is 0 Å². The van der Waals surface area contributed by atoms with E-state index in [4.69, 9.17) is 42.3 Å². The average Bonchev–Trinajstić information content (AvgIpc) is 3.38. The highest BCUT2D eigenvalue weighted by atomic mass is 28.4. The van der Waals surface area contributed by atoms with Gasteiger partial charge in [-0.25, -0.2) is 0 Å². The first-order valence-corrected chi connectivity index (χ1v) is 27.0. The Hall–Kier alpha value is -5.08. The zero-order valence-electron chi connectivity index (χ0n) is 40.8. The Morgan fingerprint density at radius 1 is 0.464 bits per heavy atom. The van der Waals surface area contributed by atoms with E-state index in [1.807, 2.05) is 115 Å². The molecule has 0 bridgehead atoms. The van der Waals surface area contributed by atoms with Gasteiger partial charge in [-0.2, -0.15) is 0 Å². The summed E-state index contributed by atoms with van der Waals surface area (Å²) in [5.74, 6) is 0. The van der Waals surface area contributed by atoms with Crippen molar-refractivity contribution in [2.75, 3.05) is 20.3 Å². The number of rotatable bonds is 21. The van der Waals surface area contributed by atoms with Gasteiger partial charge in [0.05, 0.1) is 39.1 Å². The van der Waals surface area contributed by atoms with Crippen LogP contribution in [0.4, 0.5) is 0 Å². The quantitative estimate of drug-likeness (QED) is 0.0398. The monoisotopic (exact) mass is 948 g/mol. The fourth-order valence-corrected chi connectivity index (χ4v) is 9.98. The van der Waals surface area contributed by atoms with Gasteiger partial charge in [-0.15, -0.1) is 0 Å². The van der Waals surface area contributed by atoms with Gasteiger partial charge in [-0.3, -0.25) is 0 Å². The van der Waals surface area contributed by atoms with Crippen LogP contribution in [0, 0.1) is 0 Å². The summed E-state index contributed by atoms with van der Waals surface area (Å²) in [6.07, 6.45) is -1.04. The summed E-state index contributed by atoms with van der Waals surface area (Å²) in [7, 11) is -0.679. The number of hydrogen-bond acceptors (Lipinski definition) is 9. The van der Waals surface area contributed by atoms with E-state index in [1.54, 1.807) is 7.11 Å². The molecule has 0 saturated carbocycles. The van der Waals surface area contributed by atoms with Crippen molar-refractivity contribution in [3.05, 3.63) is 228 Å². The van der Waals surface area contributed by atoms with E-state index in [1.165, 1.54) is 0 Å².